The number of fused-ring (bicyclic) bond motifs is 3. The van der Waals surface area contributed by atoms with Gasteiger partial charge in [0.15, 0.2) is 5.82 Å². The highest BCUT2D eigenvalue weighted by atomic mass is 16.5. The number of nitrogens with zero attached hydrogens (tertiary/aromatic N) is 3. The zero-order valence-corrected chi connectivity index (χ0v) is 18.3. The molecule has 3 heterocycles. The Bertz CT molecular complexity index is 1220. The lowest BCUT2D eigenvalue weighted by atomic mass is 9.95. The minimum atomic E-state index is 0.0391. The van der Waals surface area contributed by atoms with Gasteiger partial charge in [-0.05, 0) is 61.7 Å². The average Bonchev–Trinajstić information content (AvgIpc) is 3.34. The molecule has 0 saturated carbocycles. The number of para-hydroxylation sites is 2. The molecule has 164 valence electrons. The molecule has 0 radical (unpaired) electrons. The lowest BCUT2D eigenvalue weighted by Crippen LogP contribution is -2.40. The molecule has 6 heteroatoms. The Morgan fingerprint density at radius 3 is 2.56 bits per heavy atom. The van der Waals surface area contributed by atoms with Crippen molar-refractivity contribution in [1.29, 1.82) is 0 Å². The lowest BCUT2D eigenvalue weighted by molar-refractivity contribution is -0.125. The van der Waals surface area contributed by atoms with E-state index in [4.69, 9.17) is 9.72 Å². The van der Waals surface area contributed by atoms with Crippen molar-refractivity contribution in [2.45, 2.75) is 26.3 Å². The summed E-state index contributed by atoms with van der Waals surface area (Å²) in [5.74, 6) is 2.03. The Balaban J connectivity index is 1.22. The van der Waals surface area contributed by atoms with E-state index in [1.807, 2.05) is 43.3 Å². The van der Waals surface area contributed by atoms with Crippen molar-refractivity contribution in [3.63, 3.8) is 0 Å². The number of anilines is 1. The van der Waals surface area contributed by atoms with E-state index in [9.17, 15) is 4.79 Å². The lowest BCUT2D eigenvalue weighted by Gasteiger charge is -2.32. The van der Waals surface area contributed by atoms with Crippen LogP contribution in [0.3, 0.4) is 0 Å². The highest BCUT2D eigenvalue weighted by molar-refractivity contribution is 5.85. The zero-order chi connectivity index (χ0) is 21.9. The van der Waals surface area contributed by atoms with Crippen LogP contribution in [0.4, 0.5) is 5.82 Å². The van der Waals surface area contributed by atoms with Crippen LogP contribution in [0, 0.1) is 5.92 Å². The summed E-state index contributed by atoms with van der Waals surface area (Å²) < 4.78 is 7.68. The van der Waals surface area contributed by atoms with Gasteiger partial charge in [0.25, 0.3) is 0 Å². The molecule has 2 aromatic carbocycles. The predicted molar refractivity (Wildman–Crippen MR) is 127 cm³/mol. The summed E-state index contributed by atoms with van der Waals surface area (Å²) in [6.45, 7) is 4.82. The molecule has 5 rings (SSSR count). The molecule has 6 nitrogen and oxygen atoms in total. The molecular weight excluding hydrogens is 400 g/mol. The van der Waals surface area contributed by atoms with E-state index in [0.29, 0.717) is 13.2 Å². The number of hydrogen-bond acceptors (Lipinski definition) is 4. The predicted octanol–water partition coefficient (Wildman–Crippen LogP) is 4.42. The highest BCUT2D eigenvalue weighted by Gasteiger charge is 2.26. The molecule has 0 atom stereocenters. The third-order valence-corrected chi connectivity index (χ3v) is 6.21. The van der Waals surface area contributed by atoms with Crippen molar-refractivity contribution < 1.29 is 9.53 Å². The first-order valence-corrected chi connectivity index (χ1v) is 11.3. The van der Waals surface area contributed by atoms with E-state index in [1.54, 1.807) is 0 Å². The Hall–Kier alpha value is -3.54. The van der Waals surface area contributed by atoms with Crippen LogP contribution < -0.4 is 15.0 Å². The van der Waals surface area contributed by atoms with Crippen molar-refractivity contribution in [3.05, 3.63) is 72.4 Å². The smallest absolute Gasteiger partial charge is 0.223 e. The van der Waals surface area contributed by atoms with Gasteiger partial charge < -0.3 is 19.4 Å². The van der Waals surface area contributed by atoms with Gasteiger partial charge in [-0.2, -0.15) is 0 Å². The molecule has 0 bridgehead atoms. The highest BCUT2D eigenvalue weighted by Crippen LogP contribution is 2.29. The van der Waals surface area contributed by atoms with Gasteiger partial charge in [0, 0.05) is 31.7 Å². The van der Waals surface area contributed by atoms with E-state index in [0.717, 1.165) is 59.6 Å². The first-order valence-electron chi connectivity index (χ1n) is 11.3. The number of aromatic nitrogens is 2. The van der Waals surface area contributed by atoms with Crippen molar-refractivity contribution in [2.75, 3.05) is 24.6 Å². The number of ether oxygens (including phenoxy) is 1. The van der Waals surface area contributed by atoms with Crippen LogP contribution in [0.15, 0.2) is 66.9 Å². The van der Waals surface area contributed by atoms with Gasteiger partial charge in [0.1, 0.15) is 5.75 Å². The molecule has 0 aliphatic carbocycles. The molecule has 0 unspecified atom stereocenters. The SMILES string of the molecule is CCOc1ccc(CNC(=O)C2CCN(c3nc4ccccc4n4cccc34)CC2)cc1. The van der Waals surface area contributed by atoms with Gasteiger partial charge >= 0.3 is 0 Å². The number of amides is 1. The van der Waals surface area contributed by atoms with Crippen LogP contribution in [-0.4, -0.2) is 35.0 Å². The summed E-state index contributed by atoms with van der Waals surface area (Å²) >= 11 is 0. The summed E-state index contributed by atoms with van der Waals surface area (Å²) in [7, 11) is 0. The third kappa shape index (κ3) is 4.00. The van der Waals surface area contributed by atoms with Gasteiger partial charge in [-0.15, -0.1) is 0 Å². The van der Waals surface area contributed by atoms with Crippen molar-refractivity contribution >= 4 is 28.3 Å². The maximum Gasteiger partial charge on any atom is 0.223 e. The zero-order valence-electron chi connectivity index (χ0n) is 18.3. The van der Waals surface area contributed by atoms with Gasteiger partial charge in [0.2, 0.25) is 5.91 Å². The standard InChI is InChI=1S/C26H28N4O2/c1-2-32-21-11-9-19(10-12-21)18-27-26(31)20-13-16-29(17-14-20)25-24-8-5-15-30(24)23-7-4-3-6-22(23)28-25/h3-12,15,20H,2,13-14,16-18H2,1H3,(H,27,31). The second-order valence-corrected chi connectivity index (χ2v) is 8.24. The molecule has 1 aliphatic heterocycles. The minimum Gasteiger partial charge on any atom is -0.494 e. The largest absolute Gasteiger partial charge is 0.494 e. The first kappa shape index (κ1) is 20.4. The number of benzene rings is 2. The molecule has 1 fully saturated rings. The molecule has 1 aliphatic rings. The minimum absolute atomic E-state index is 0.0391. The molecule has 0 spiro atoms. The van der Waals surface area contributed by atoms with Crippen molar-refractivity contribution in [1.82, 2.24) is 14.7 Å². The van der Waals surface area contributed by atoms with E-state index in [-0.39, 0.29) is 11.8 Å². The fraction of sp³-hybridized carbons (Fsp3) is 0.308. The monoisotopic (exact) mass is 428 g/mol. The maximum absolute atomic E-state index is 12.8. The van der Waals surface area contributed by atoms with Crippen LogP contribution in [0.5, 0.6) is 5.75 Å². The molecule has 2 aromatic heterocycles. The molecule has 1 saturated heterocycles. The Labute approximate surface area is 187 Å². The number of rotatable bonds is 6. The van der Waals surface area contributed by atoms with E-state index in [2.05, 4.69) is 45.1 Å². The quantitative estimate of drug-likeness (QED) is 0.494. The summed E-state index contributed by atoms with van der Waals surface area (Å²) in [6.07, 6.45) is 3.75. The van der Waals surface area contributed by atoms with Crippen LogP contribution in [0.25, 0.3) is 16.6 Å². The molecule has 32 heavy (non-hydrogen) atoms. The fourth-order valence-corrected chi connectivity index (χ4v) is 4.50. The normalized spacial score (nSPS) is 14.7. The Morgan fingerprint density at radius 1 is 1.03 bits per heavy atom. The van der Waals surface area contributed by atoms with Crippen LogP contribution >= 0.6 is 0 Å². The van der Waals surface area contributed by atoms with Gasteiger partial charge in [0.05, 0.1) is 23.2 Å². The molecule has 4 aromatic rings. The van der Waals surface area contributed by atoms with Gasteiger partial charge in [-0.3, -0.25) is 4.79 Å². The second kappa shape index (κ2) is 8.91. The van der Waals surface area contributed by atoms with E-state index in [1.165, 1.54) is 0 Å². The third-order valence-electron chi connectivity index (χ3n) is 6.21. The summed E-state index contributed by atoms with van der Waals surface area (Å²) in [5, 5.41) is 3.11. The summed E-state index contributed by atoms with van der Waals surface area (Å²) in [5.41, 5.74) is 4.29. The number of nitrogens with one attached hydrogen (secondary N) is 1. The van der Waals surface area contributed by atoms with Gasteiger partial charge in [-0.1, -0.05) is 24.3 Å². The summed E-state index contributed by atoms with van der Waals surface area (Å²) in [6, 6.07) is 20.3. The van der Waals surface area contributed by atoms with E-state index >= 15 is 0 Å². The molecule has 1 amide bonds. The second-order valence-electron chi connectivity index (χ2n) is 8.24. The molecular formula is C26H28N4O2. The number of piperidine rings is 1. The Kier molecular flexibility index (Phi) is 5.67. The summed E-state index contributed by atoms with van der Waals surface area (Å²) in [4.78, 5) is 20.0. The van der Waals surface area contributed by atoms with E-state index < -0.39 is 0 Å². The first-order chi connectivity index (χ1) is 15.7. The van der Waals surface area contributed by atoms with Gasteiger partial charge in [-0.25, -0.2) is 4.98 Å². The van der Waals surface area contributed by atoms with Crippen LogP contribution in [0.2, 0.25) is 0 Å². The maximum atomic E-state index is 12.8. The van der Waals surface area contributed by atoms with Crippen LogP contribution in [-0.2, 0) is 11.3 Å². The van der Waals surface area contributed by atoms with Crippen LogP contribution in [0.1, 0.15) is 25.3 Å². The average molecular weight is 429 g/mol. The number of carbonyl (C=O) groups is 1. The van der Waals surface area contributed by atoms with Crippen molar-refractivity contribution in [2.24, 2.45) is 5.92 Å². The number of carbonyl (C=O) groups excluding carboxylic acids is 1. The topological polar surface area (TPSA) is 58.9 Å². The number of hydrogen-bond donors (Lipinski definition) is 1. The molecule has 1 N–H and O–H groups in total. The Morgan fingerprint density at radius 2 is 1.78 bits per heavy atom. The fourth-order valence-electron chi connectivity index (χ4n) is 4.50. The van der Waals surface area contributed by atoms with Crippen molar-refractivity contribution in [3.8, 4) is 5.75 Å².